The Hall–Kier alpha value is -1.58. The first-order valence-electron chi connectivity index (χ1n) is 4.05. The molecule has 0 aromatic heterocycles. The van der Waals surface area contributed by atoms with E-state index in [1.54, 1.807) is 0 Å². The summed E-state index contributed by atoms with van der Waals surface area (Å²) in [7, 11) is -3.66. The van der Waals surface area contributed by atoms with Crippen LogP contribution in [0, 0.1) is 11.3 Å². The largest absolute Gasteiger partial charge is 0.325 e. The smallest absolute Gasteiger partial charge is 0.267 e. The van der Waals surface area contributed by atoms with Crippen LogP contribution < -0.4 is 0 Å². The number of halogens is 1. The molecule has 0 aliphatic heterocycles. The van der Waals surface area contributed by atoms with E-state index in [0.717, 1.165) is 6.26 Å². The second-order valence-electron chi connectivity index (χ2n) is 2.85. The van der Waals surface area contributed by atoms with Gasteiger partial charge in [-0.3, -0.25) is 4.28 Å². The number of nitrogens with zero attached hydrogens (tertiary/aromatic N) is 2. The monoisotopic (exact) mass is 258 g/mol. The van der Waals surface area contributed by atoms with Crippen molar-refractivity contribution in [1.29, 1.82) is 5.26 Å². The van der Waals surface area contributed by atoms with Gasteiger partial charge in [0.25, 0.3) is 0 Å². The second kappa shape index (κ2) is 4.96. The standard InChI is InChI=1S/C9H7ClN2O3S/c1-16(13,14)15-12-9(10)8-4-2-7(6-11)3-5-8/h2-5H,1H3/b12-9-. The number of oxime groups is 1. The summed E-state index contributed by atoms with van der Waals surface area (Å²) in [6.45, 7) is 0. The van der Waals surface area contributed by atoms with E-state index in [0.29, 0.717) is 11.1 Å². The Balaban J connectivity index is 2.89. The Labute approximate surface area is 98.0 Å². The minimum absolute atomic E-state index is 0.102. The summed E-state index contributed by atoms with van der Waals surface area (Å²) < 4.78 is 25.4. The first kappa shape index (κ1) is 12.5. The molecule has 1 aromatic rings. The minimum atomic E-state index is -3.66. The van der Waals surface area contributed by atoms with E-state index >= 15 is 0 Å². The summed E-state index contributed by atoms with van der Waals surface area (Å²) >= 11 is 5.69. The first-order chi connectivity index (χ1) is 7.42. The van der Waals surface area contributed by atoms with Crippen molar-refractivity contribution in [3.63, 3.8) is 0 Å². The van der Waals surface area contributed by atoms with E-state index in [2.05, 4.69) is 9.44 Å². The van der Waals surface area contributed by atoms with Gasteiger partial charge in [0.05, 0.1) is 17.9 Å². The number of hydrogen-bond donors (Lipinski definition) is 0. The molecule has 84 valence electrons. The zero-order valence-electron chi connectivity index (χ0n) is 8.21. The van der Waals surface area contributed by atoms with Gasteiger partial charge in [-0.2, -0.15) is 13.7 Å². The number of nitriles is 1. The third-order valence-electron chi connectivity index (χ3n) is 1.51. The lowest BCUT2D eigenvalue weighted by Crippen LogP contribution is -2.00. The third-order valence-corrected chi connectivity index (χ3v) is 2.14. The van der Waals surface area contributed by atoms with Crippen molar-refractivity contribution in [3.8, 4) is 6.07 Å². The van der Waals surface area contributed by atoms with Crippen molar-refractivity contribution in [2.45, 2.75) is 0 Å². The summed E-state index contributed by atoms with van der Waals surface area (Å²) in [6.07, 6.45) is 0.861. The van der Waals surface area contributed by atoms with Crippen molar-refractivity contribution in [2.24, 2.45) is 5.16 Å². The van der Waals surface area contributed by atoms with E-state index in [9.17, 15) is 8.42 Å². The molecular formula is C9H7ClN2O3S. The highest BCUT2D eigenvalue weighted by Gasteiger charge is 2.04. The van der Waals surface area contributed by atoms with Crippen LogP contribution in [0.15, 0.2) is 29.4 Å². The van der Waals surface area contributed by atoms with Gasteiger partial charge < -0.3 is 0 Å². The molecule has 16 heavy (non-hydrogen) atoms. The molecule has 0 radical (unpaired) electrons. The molecule has 1 aromatic carbocycles. The fourth-order valence-corrected chi connectivity index (χ4v) is 1.25. The predicted octanol–water partition coefficient (Wildman–Crippen LogP) is 1.43. The van der Waals surface area contributed by atoms with Crippen LogP contribution in [0.2, 0.25) is 0 Å². The molecule has 0 aliphatic rings. The van der Waals surface area contributed by atoms with Crippen LogP contribution in [0.1, 0.15) is 11.1 Å². The maximum absolute atomic E-state index is 10.6. The molecule has 0 atom stereocenters. The van der Waals surface area contributed by atoms with Crippen molar-refractivity contribution in [1.82, 2.24) is 0 Å². The number of hydrogen-bond acceptors (Lipinski definition) is 5. The average molecular weight is 259 g/mol. The highest BCUT2D eigenvalue weighted by atomic mass is 35.5. The molecule has 0 spiro atoms. The van der Waals surface area contributed by atoms with Crippen LogP contribution in [0.3, 0.4) is 0 Å². The Morgan fingerprint density at radius 3 is 2.44 bits per heavy atom. The lowest BCUT2D eigenvalue weighted by molar-refractivity contribution is 0.344. The van der Waals surface area contributed by atoms with E-state index in [-0.39, 0.29) is 5.17 Å². The summed E-state index contributed by atoms with van der Waals surface area (Å²) in [4.78, 5) is 0. The normalized spacial score (nSPS) is 11.9. The maximum atomic E-state index is 10.6. The van der Waals surface area contributed by atoms with Crippen molar-refractivity contribution < 1.29 is 12.7 Å². The van der Waals surface area contributed by atoms with Gasteiger partial charge in [0.15, 0.2) is 5.17 Å². The van der Waals surface area contributed by atoms with Gasteiger partial charge in [0, 0.05) is 5.56 Å². The van der Waals surface area contributed by atoms with Crippen LogP contribution in [-0.4, -0.2) is 19.8 Å². The first-order valence-corrected chi connectivity index (χ1v) is 6.24. The quantitative estimate of drug-likeness (QED) is 0.607. The third kappa shape index (κ3) is 3.88. The topological polar surface area (TPSA) is 79.5 Å². The van der Waals surface area contributed by atoms with Crippen LogP contribution in [0.5, 0.6) is 0 Å². The molecular weight excluding hydrogens is 252 g/mol. The van der Waals surface area contributed by atoms with Crippen molar-refractivity contribution in [2.75, 3.05) is 6.26 Å². The van der Waals surface area contributed by atoms with Gasteiger partial charge in [-0.1, -0.05) is 28.9 Å². The van der Waals surface area contributed by atoms with Crippen LogP contribution in [-0.2, 0) is 14.4 Å². The van der Waals surface area contributed by atoms with Crippen molar-refractivity contribution >= 4 is 26.9 Å². The fraction of sp³-hybridized carbons (Fsp3) is 0.111. The minimum Gasteiger partial charge on any atom is -0.267 e. The molecule has 1 rings (SSSR count). The van der Waals surface area contributed by atoms with E-state index in [1.165, 1.54) is 24.3 Å². The van der Waals surface area contributed by atoms with E-state index in [4.69, 9.17) is 16.9 Å². The molecule has 0 N–H and O–H groups in total. The van der Waals surface area contributed by atoms with Gasteiger partial charge in [-0.15, -0.1) is 0 Å². The second-order valence-corrected chi connectivity index (χ2v) is 4.77. The van der Waals surface area contributed by atoms with E-state index in [1.807, 2.05) is 6.07 Å². The van der Waals surface area contributed by atoms with Gasteiger partial charge in [0.1, 0.15) is 0 Å². The maximum Gasteiger partial charge on any atom is 0.325 e. The SMILES string of the molecule is CS(=O)(=O)O/N=C(\Cl)c1ccc(C#N)cc1. The molecule has 0 amide bonds. The van der Waals surface area contributed by atoms with Crippen LogP contribution >= 0.6 is 11.6 Å². The lowest BCUT2D eigenvalue weighted by atomic mass is 10.2. The molecule has 0 bridgehead atoms. The molecule has 5 nitrogen and oxygen atoms in total. The summed E-state index contributed by atoms with van der Waals surface area (Å²) in [5.41, 5.74) is 0.932. The predicted molar refractivity (Wildman–Crippen MR) is 59.5 cm³/mol. The molecule has 0 heterocycles. The van der Waals surface area contributed by atoms with Crippen molar-refractivity contribution in [3.05, 3.63) is 35.4 Å². The lowest BCUT2D eigenvalue weighted by Gasteiger charge is -1.98. The highest BCUT2D eigenvalue weighted by Crippen LogP contribution is 2.08. The van der Waals surface area contributed by atoms with Crippen LogP contribution in [0.25, 0.3) is 0 Å². The number of rotatable bonds is 3. The summed E-state index contributed by atoms with van der Waals surface area (Å²) in [5.74, 6) is 0. The molecule has 0 unspecified atom stereocenters. The zero-order chi connectivity index (χ0) is 12.2. The average Bonchev–Trinajstić information content (AvgIpc) is 2.25. The van der Waals surface area contributed by atoms with Gasteiger partial charge in [-0.05, 0) is 12.1 Å². The number of benzene rings is 1. The molecule has 0 saturated carbocycles. The fourth-order valence-electron chi connectivity index (χ4n) is 0.835. The molecule has 0 aliphatic carbocycles. The van der Waals surface area contributed by atoms with Crippen LogP contribution in [0.4, 0.5) is 0 Å². The summed E-state index contributed by atoms with van der Waals surface area (Å²) in [6, 6.07) is 8.09. The van der Waals surface area contributed by atoms with E-state index < -0.39 is 10.1 Å². The molecule has 7 heteroatoms. The Kier molecular flexibility index (Phi) is 3.88. The summed E-state index contributed by atoms with van der Waals surface area (Å²) in [5, 5.41) is 11.7. The Morgan fingerprint density at radius 2 is 2.00 bits per heavy atom. The Bertz CT molecular complexity index is 543. The molecule has 0 saturated heterocycles. The highest BCUT2D eigenvalue weighted by molar-refractivity contribution is 7.85. The van der Waals surface area contributed by atoms with Gasteiger partial charge in [-0.25, -0.2) is 0 Å². The Morgan fingerprint density at radius 1 is 1.44 bits per heavy atom. The van der Waals surface area contributed by atoms with Gasteiger partial charge >= 0.3 is 10.1 Å². The molecule has 0 fully saturated rings. The zero-order valence-corrected chi connectivity index (χ0v) is 9.79. The van der Waals surface area contributed by atoms with Gasteiger partial charge in [0.2, 0.25) is 0 Å².